The quantitative estimate of drug-likeness (QED) is 0.553. The van der Waals surface area contributed by atoms with Crippen LogP contribution in [0, 0.1) is 10.1 Å². The normalized spacial score (nSPS) is 11.0. The monoisotopic (exact) mass is 330 g/mol. The van der Waals surface area contributed by atoms with Crippen molar-refractivity contribution >= 4 is 23.1 Å². The number of aromatic nitrogens is 1. The van der Waals surface area contributed by atoms with Gasteiger partial charge in [-0.2, -0.15) is 0 Å². The first kappa shape index (κ1) is 17.4. The molecule has 126 valence electrons. The van der Waals surface area contributed by atoms with E-state index in [0.29, 0.717) is 17.1 Å². The van der Waals surface area contributed by atoms with E-state index < -0.39 is 10.5 Å². The Bertz CT molecular complexity index is 727. The van der Waals surface area contributed by atoms with Crippen molar-refractivity contribution in [1.82, 2.24) is 4.98 Å². The summed E-state index contributed by atoms with van der Waals surface area (Å²) in [7, 11) is 0. The number of hydrogen-bond acceptors (Lipinski definition) is 6. The highest BCUT2D eigenvalue weighted by Gasteiger charge is 2.16. The van der Waals surface area contributed by atoms with Gasteiger partial charge in [0.1, 0.15) is 5.82 Å². The van der Waals surface area contributed by atoms with Crippen molar-refractivity contribution in [3.05, 3.63) is 58.3 Å². The molecule has 0 saturated heterocycles. The van der Waals surface area contributed by atoms with Gasteiger partial charge in [-0.05, 0) is 38.1 Å². The van der Waals surface area contributed by atoms with Crippen molar-refractivity contribution in [2.24, 2.45) is 0 Å². The number of amides is 1. The molecule has 1 heterocycles. The molecule has 0 spiro atoms. The summed E-state index contributed by atoms with van der Waals surface area (Å²) in [5, 5.41) is 25.5. The molecule has 0 radical (unpaired) electrons. The van der Waals surface area contributed by atoms with Gasteiger partial charge in [0.05, 0.1) is 29.0 Å². The molecule has 0 atom stereocenters. The first-order valence-electron chi connectivity index (χ1n) is 7.22. The van der Waals surface area contributed by atoms with Crippen molar-refractivity contribution in [2.45, 2.75) is 19.4 Å². The molecule has 2 rings (SSSR count). The van der Waals surface area contributed by atoms with Crippen molar-refractivity contribution in [1.29, 1.82) is 0 Å². The first-order valence-corrected chi connectivity index (χ1v) is 7.22. The summed E-state index contributed by atoms with van der Waals surface area (Å²) in [6.45, 7) is 3.62. The van der Waals surface area contributed by atoms with Crippen LogP contribution in [-0.2, 0) is 0 Å². The maximum absolute atomic E-state index is 12.1. The van der Waals surface area contributed by atoms with Gasteiger partial charge in [-0.1, -0.05) is 0 Å². The second-order valence-electron chi connectivity index (χ2n) is 5.86. The van der Waals surface area contributed by atoms with E-state index in [9.17, 15) is 20.0 Å². The molecular formula is C16H18N4O4. The van der Waals surface area contributed by atoms with Crippen LogP contribution in [0.4, 0.5) is 17.2 Å². The van der Waals surface area contributed by atoms with E-state index in [0.717, 1.165) is 0 Å². The minimum atomic E-state index is -0.523. The molecule has 1 aromatic heterocycles. The highest BCUT2D eigenvalue weighted by Crippen LogP contribution is 2.16. The number of aliphatic hydroxyl groups excluding tert-OH is 1. The Morgan fingerprint density at radius 2 is 1.92 bits per heavy atom. The number of pyridine rings is 1. The van der Waals surface area contributed by atoms with Gasteiger partial charge in [0.2, 0.25) is 0 Å². The van der Waals surface area contributed by atoms with E-state index in [2.05, 4.69) is 15.6 Å². The number of hydrogen-bond donors (Lipinski definition) is 3. The smallest absolute Gasteiger partial charge is 0.269 e. The molecule has 1 amide bonds. The molecule has 24 heavy (non-hydrogen) atoms. The summed E-state index contributed by atoms with van der Waals surface area (Å²) in [4.78, 5) is 26.3. The zero-order valence-corrected chi connectivity index (χ0v) is 13.3. The van der Waals surface area contributed by atoms with Gasteiger partial charge in [-0.3, -0.25) is 14.9 Å². The molecule has 8 heteroatoms. The molecule has 0 unspecified atom stereocenters. The largest absolute Gasteiger partial charge is 0.394 e. The minimum absolute atomic E-state index is 0.0483. The Labute approximate surface area is 138 Å². The molecular weight excluding hydrogens is 312 g/mol. The fraction of sp³-hybridized carbons (Fsp3) is 0.250. The number of carbonyl (C=O) groups is 1. The zero-order valence-electron chi connectivity index (χ0n) is 13.3. The van der Waals surface area contributed by atoms with Crippen LogP contribution in [0.2, 0.25) is 0 Å². The van der Waals surface area contributed by atoms with E-state index in [1.807, 2.05) is 13.8 Å². The number of benzene rings is 1. The standard InChI is InChI=1S/C16H18N4O4/c1-16(2,10-21)19-14-8-5-12(9-17-14)18-15(22)11-3-6-13(7-4-11)20(23)24/h3-9,21H,10H2,1-2H3,(H,17,19)(H,18,22). The lowest BCUT2D eigenvalue weighted by Gasteiger charge is -2.24. The summed E-state index contributed by atoms with van der Waals surface area (Å²) in [5.74, 6) is 0.186. The Kier molecular flexibility index (Phi) is 5.10. The van der Waals surface area contributed by atoms with Crippen LogP contribution in [0.15, 0.2) is 42.6 Å². The highest BCUT2D eigenvalue weighted by molar-refractivity contribution is 6.04. The fourth-order valence-electron chi connectivity index (χ4n) is 1.87. The third-order valence-corrected chi connectivity index (χ3v) is 3.22. The van der Waals surface area contributed by atoms with E-state index in [1.165, 1.54) is 30.5 Å². The van der Waals surface area contributed by atoms with Crippen molar-refractivity contribution in [3.8, 4) is 0 Å². The number of nitrogens with zero attached hydrogens (tertiary/aromatic N) is 2. The molecule has 3 N–H and O–H groups in total. The molecule has 2 aromatic rings. The second-order valence-corrected chi connectivity index (χ2v) is 5.86. The predicted molar refractivity (Wildman–Crippen MR) is 90.1 cm³/mol. The Morgan fingerprint density at radius 1 is 1.25 bits per heavy atom. The molecule has 0 aliphatic rings. The van der Waals surface area contributed by atoms with E-state index >= 15 is 0 Å². The van der Waals surface area contributed by atoms with Crippen LogP contribution in [0.25, 0.3) is 0 Å². The summed E-state index contributed by atoms with van der Waals surface area (Å²) >= 11 is 0. The number of non-ortho nitro benzene ring substituents is 1. The minimum Gasteiger partial charge on any atom is -0.394 e. The maximum atomic E-state index is 12.1. The van der Waals surface area contributed by atoms with Gasteiger partial charge in [0.15, 0.2) is 0 Å². The predicted octanol–water partition coefficient (Wildman–Crippen LogP) is 2.42. The average Bonchev–Trinajstić information content (AvgIpc) is 2.56. The molecule has 0 aliphatic carbocycles. The fourth-order valence-corrected chi connectivity index (χ4v) is 1.87. The van der Waals surface area contributed by atoms with Gasteiger partial charge in [0, 0.05) is 17.7 Å². The van der Waals surface area contributed by atoms with E-state index in [4.69, 9.17) is 0 Å². The number of rotatable bonds is 6. The van der Waals surface area contributed by atoms with Crippen molar-refractivity contribution in [2.75, 3.05) is 17.2 Å². The molecule has 1 aromatic carbocycles. The van der Waals surface area contributed by atoms with Crippen LogP contribution in [0.3, 0.4) is 0 Å². The SMILES string of the molecule is CC(C)(CO)Nc1ccc(NC(=O)c2ccc([N+](=O)[O-])cc2)cn1. The Balaban J connectivity index is 2.02. The summed E-state index contributed by atoms with van der Waals surface area (Å²) < 4.78 is 0. The third-order valence-electron chi connectivity index (χ3n) is 3.22. The number of aliphatic hydroxyl groups is 1. The van der Waals surface area contributed by atoms with Crippen LogP contribution < -0.4 is 10.6 Å². The summed E-state index contributed by atoms with van der Waals surface area (Å²) in [6.07, 6.45) is 1.49. The number of nitrogens with one attached hydrogen (secondary N) is 2. The van der Waals surface area contributed by atoms with Crippen molar-refractivity contribution in [3.63, 3.8) is 0 Å². The number of nitro benzene ring substituents is 1. The average molecular weight is 330 g/mol. The van der Waals surface area contributed by atoms with E-state index in [-0.39, 0.29) is 18.2 Å². The van der Waals surface area contributed by atoms with Crippen LogP contribution in [0.5, 0.6) is 0 Å². The topological polar surface area (TPSA) is 117 Å². The van der Waals surface area contributed by atoms with Crippen LogP contribution in [0.1, 0.15) is 24.2 Å². The molecule has 0 bridgehead atoms. The molecule has 0 fully saturated rings. The summed E-state index contributed by atoms with van der Waals surface area (Å²) in [6, 6.07) is 8.68. The Hall–Kier alpha value is -3.00. The first-order chi connectivity index (χ1) is 11.3. The highest BCUT2D eigenvalue weighted by atomic mass is 16.6. The number of nitro groups is 1. The van der Waals surface area contributed by atoms with E-state index in [1.54, 1.807) is 12.1 Å². The number of carbonyl (C=O) groups excluding carboxylic acids is 1. The van der Waals surface area contributed by atoms with Crippen LogP contribution in [-0.4, -0.2) is 33.1 Å². The lowest BCUT2D eigenvalue weighted by molar-refractivity contribution is -0.384. The maximum Gasteiger partial charge on any atom is 0.269 e. The third kappa shape index (κ3) is 4.50. The van der Waals surface area contributed by atoms with Crippen LogP contribution >= 0.6 is 0 Å². The van der Waals surface area contributed by atoms with Gasteiger partial charge in [-0.25, -0.2) is 4.98 Å². The summed E-state index contributed by atoms with van der Waals surface area (Å²) in [5.41, 5.74) is 0.223. The molecule has 8 nitrogen and oxygen atoms in total. The molecule has 0 saturated carbocycles. The van der Waals surface area contributed by atoms with Gasteiger partial charge in [-0.15, -0.1) is 0 Å². The van der Waals surface area contributed by atoms with Gasteiger partial charge >= 0.3 is 0 Å². The Morgan fingerprint density at radius 3 is 2.42 bits per heavy atom. The second kappa shape index (κ2) is 7.05. The lowest BCUT2D eigenvalue weighted by Crippen LogP contribution is -2.35. The van der Waals surface area contributed by atoms with Crippen molar-refractivity contribution < 1.29 is 14.8 Å². The zero-order chi connectivity index (χ0) is 17.7. The van der Waals surface area contributed by atoms with Gasteiger partial charge < -0.3 is 15.7 Å². The van der Waals surface area contributed by atoms with Gasteiger partial charge in [0.25, 0.3) is 11.6 Å². The molecule has 0 aliphatic heterocycles. The lowest BCUT2D eigenvalue weighted by atomic mass is 10.1. The number of anilines is 2.